The Kier molecular flexibility index (Phi) is 4.11. The van der Waals surface area contributed by atoms with E-state index in [1.807, 2.05) is 10.9 Å². The first-order valence-electron chi connectivity index (χ1n) is 8.08. The van der Waals surface area contributed by atoms with Crippen LogP contribution in [0.5, 0.6) is 0 Å². The molecule has 3 nitrogen and oxygen atoms in total. The number of aromatic nitrogens is 2. The largest absolute Gasteiger partial charge is 0.313 e. The van der Waals surface area contributed by atoms with Gasteiger partial charge in [-0.2, -0.15) is 5.10 Å². The molecular formula is C18H25N3. The van der Waals surface area contributed by atoms with Gasteiger partial charge in [-0.3, -0.25) is 4.68 Å². The molecule has 1 heterocycles. The van der Waals surface area contributed by atoms with Crippen molar-refractivity contribution >= 4 is 0 Å². The molecule has 1 aromatic carbocycles. The number of rotatable bonds is 7. The number of benzene rings is 1. The Labute approximate surface area is 127 Å². The highest BCUT2D eigenvalue weighted by atomic mass is 15.3. The van der Waals surface area contributed by atoms with E-state index in [4.69, 9.17) is 0 Å². The topological polar surface area (TPSA) is 29.9 Å². The number of nitrogens with one attached hydrogen (secondary N) is 1. The van der Waals surface area contributed by atoms with Gasteiger partial charge in [0.05, 0.1) is 6.20 Å². The zero-order chi connectivity index (χ0) is 14.7. The minimum absolute atomic E-state index is 0.325. The molecule has 3 rings (SSSR count). The molecule has 1 atom stereocenters. The minimum Gasteiger partial charge on any atom is -0.313 e. The van der Waals surface area contributed by atoms with E-state index in [-0.39, 0.29) is 0 Å². The van der Waals surface area contributed by atoms with E-state index in [0.717, 1.165) is 19.5 Å². The van der Waals surface area contributed by atoms with Crippen LogP contribution in [0.15, 0.2) is 42.7 Å². The SMILES string of the molecule is CCNC(Cc1cnn(CC)c1)C1(c2ccccc2)CC1. The molecule has 0 amide bonds. The summed E-state index contributed by atoms with van der Waals surface area (Å²) >= 11 is 0. The summed E-state index contributed by atoms with van der Waals surface area (Å²) in [5, 5.41) is 8.13. The van der Waals surface area contributed by atoms with Gasteiger partial charge in [0.1, 0.15) is 0 Å². The maximum atomic E-state index is 4.41. The molecule has 1 aromatic heterocycles. The lowest BCUT2D eigenvalue weighted by molar-refractivity contribution is 0.421. The van der Waals surface area contributed by atoms with Crippen LogP contribution < -0.4 is 5.32 Å². The van der Waals surface area contributed by atoms with E-state index < -0.39 is 0 Å². The predicted molar refractivity (Wildman–Crippen MR) is 86.4 cm³/mol. The lowest BCUT2D eigenvalue weighted by Crippen LogP contribution is -2.41. The van der Waals surface area contributed by atoms with Crippen molar-refractivity contribution < 1.29 is 0 Å². The van der Waals surface area contributed by atoms with E-state index in [2.05, 4.69) is 60.8 Å². The highest BCUT2D eigenvalue weighted by molar-refractivity contribution is 5.34. The number of hydrogen-bond acceptors (Lipinski definition) is 2. The van der Waals surface area contributed by atoms with Gasteiger partial charge in [0.2, 0.25) is 0 Å². The van der Waals surface area contributed by atoms with E-state index in [9.17, 15) is 0 Å². The average molecular weight is 283 g/mol. The third kappa shape index (κ3) is 2.88. The second-order valence-electron chi connectivity index (χ2n) is 6.04. The molecule has 0 bridgehead atoms. The Morgan fingerprint density at radius 3 is 2.57 bits per heavy atom. The van der Waals surface area contributed by atoms with Gasteiger partial charge in [-0.15, -0.1) is 0 Å². The van der Waals surface area contributed by atoms with Crippen molar-refractivity contribution in [2.45, 2.75) is 51.1 Å². The lowest BCUT2D eigenvalue weighted by Gasteiger charge is -2.28. The smallest absolute Gasteiger partial charge is 0.0522 e. The van der Waals surface area contributed by atoms with Crippen LogP contribution in [0, 0.1) is 0 Å². The lowest BCUT2D eigenvalue weighted by atomic mass is 9.85. The van der Waals surface area contributed by atoms with Gasteiger partial charge in [-0.25, -0.2) is 0 Å². The molecule has 2 aromatic rings. The van der Waals surface area contributed by atoms with Gasteiger partial charge in [0, 0.05) is 24.2 Å². The normalized spacial score (nSPS) is 17.6. The van der Waals surface area contributed by atoms with Crippen LogP contribution in [-0.4, -0.2) is 22.4 Å². The monoisotopic (exact) mass is 283 g/mol. The van der Waals surface area contributed by atoms with Crippen LogP contribution in [0.1, 0.15) is 37.8 Å². The summed E-state index contributed by atoms with van der Waals surface area (Å²) in [5.41, 5.74) is 3.15. The first-order chi connectivity index (χ1) is 10.3. The average Bonchev–Trinajstić information content (AvgIpc) is 3.22. The summed E-state index contributed by atoms with van der Waals surface area (Å²) in [4.78, 5) is 0. The molecule has 0 radical (unpaired) electrons. The molecular weight excluding hydrogens is 258 g/mol. The van der Waals surface area contributed by atoms with E-state index in [1.165, 1.54) is 24.0 Å². The van der Waals surface area contributed by atoms with Gasteiger partial charge in [0.15, 0.2) is 0 Å². The maximum absolute atomic E-state index is 4.41. The Morgan fingerprint density at radius 2 is 2.00 bits per heavy atom. The quantitative estimate of drug-likeness (QED) is 0.846. The minimum atomic E-state index is 0.325. The molecule has 3 heteroatoms. The van der Waals surface area contributed by atoms with Crippen LogP contribution in [-0.2, 0) is 18.4 Å². The molecule has 1 N–H and O–H groups in total. The molecule has 1 aliphatic rings. The number of nitrogens with zero attached hydrogens (tertiary/aromatic N) is 2. The van der Waals surface area contributed by atoms with Crippen molar-refractivity contribution in [1.29, 1.82) is 0 Å². The second kappa shape index (κ2) is 6.02. The summed E-state index contributed by atoms with van der Waals surface area (Å²) in [6.45, 7) is 6.28. The predicted octanol–water partition coefficient (Wildman–Crippen LogP) is 3.16. The summed E-state index contributed by atoms with van der Waals surface area (Å²) in [6, 6.07) is 11.5. The van der Waals surface area contributed by atoms with Gasteiger partial charge in [0.25, 0.3) is 0 Å². The van der Waals surface area contributed by atoms with Crippen LogP contribution >= 0.6 is 0 Å². The molecule has 1 fully saturated rings. The first-order valence-corrected chi connectivity index (χ1v) is 8.08. The van der Waals surface area contributed by atoms with Crippen molar-refractivity contribution in [3.63, 3.8) is 0 Å². The van der Waals surface area contributed by atoms with Crippen molar-refractivity contribution in [2.24, 2.45) is 0 Å². The summed E-state index contributed by atoms with van der Waals surface area (Å²) < 4.78 is 2.01. The summed E-state index contributed by atoms with van der Waals surface area (Å²) in [7, 11) is 0. The molecule has 21 heavy (non-hydrogen) atoms. The summed E-state index contributed by atoms with van der Waals surface area (Å²) in [6.07, 6.45) is 7.84. The molecule has 1 saturated carbocycles. The van der Waals surface area contributed by atoms with E-state index >= 15 is 0 Å². The fourth-order valence-electron chi connectivity index (χ4n) is 3.37. The van der Waals surface area contributed by atoms with Crippen molar-refractivity contribution in [3.05, 3.63) is 53.9 Å². The number of hydrogen-bond donors (Lipinski definition) is 1. The molecule has 0 spiro atoms. The molecule has 0 saturated heterocycles. The molecule has 0 aliphatic heterocycles. The number of likely N-dealkylation sites (N-methyl/N-ethyl adjacent to an activating group) is 1. The molecule has 1 unspecified atom stereocenters. The zero-order valence-electron chi connectivity index (χ0n) is 13.0. The van der Waals surface area contributed by atoms with Gasteiger partial charge in [-0.05, 0) is 43.9 Å². The van der Waals surface area contributed by atoms with Gasteiger partial charge in [-0.1, -0.05) is 37.3 Å². The highest BCUT2D eigenvalue weighted by Crippen LogP contribution is 2.51. The van der Waals surface area contributed by atoms with Crippen molar-refractivity contribution in [1.82, 2.24) is 15.1 Å². The second-order valence-corrected chi connectivity index (χ2v) is 6.04. The van der Waals surface area contributed by atoms with Crippen LogP contribution in [0.25, 0.3) is 0 Å². The van der Waals surface area contributed by atoms with Crippen LogP contribution in [0.3, 0.4) is 0 Å². The fraction of sp³-hybridized carbons (Fsp3) is 0.500. The maximum Gasteiger partial charge on any atom is 0.0522 e. The van der Waals surface area contributed by atoms with Gasteiger partial charge < -0.3 is 5.32 Å². The molecule has 112 valence electrons. The zero-order valence-corrected chi connectivity index (χ0v) is 13.0. The van der Waals surface area contributed by atoms with Crippen molar-refractivity contribution in [2.75, 3.05) is 6.54 Å². The van der Waals surface area contributed by atoms with E-state index in [0.29, 0.717) is 11.5 Å². The fourth-order valence-corrected chi connectivity index (χ4v) is 3.37. The third-order valence-electron chi connectivity index (χ3n) is 4.71. The Balaban J connectivity index is 1.81. The third-order valence-corrected chi connectivity index (χ3v) is 4.71. The Morgan fingerprint density at radius 1 is 1.24 bits per heavy atom. The summed E-state index contributed by atoms with van der Waals surface area (Å²) in [5.74, 6) is 0. The standard InChI is InChI=1S/C18H25N3/c1-3-19-17(12-15-13-20-21(4-2)14-15)18(10-11-18)16-8-6-5-7-9-16/h5-9,13-14,17,19H,3-4,10-12H2,1-2H3. The van der Waals surface area contributed by atoms with Crippen LogP contribution in [0.4, 0.5) is 0 Å². The highest BCUT2D eigenvalue weighted by Gasteiger charge is 2.50. The molecule has 1 aliphatic carbocycles. The van der Waals surface area contributed by atoms with Gasteiger partial charge >= 0.3 is 0 Å². The van der Waals surface area contributed by atoms with Crippen LogP contribution in [0.2, 0.25) is 0 Å². The van der Waals surface area contributed by atoms with E-state index in [1.54, 1.807) is 0 Å². The Hall–Kier alpha value is -1.61. The first kappa shape index (κ1) is 14.3. The van der Waals surface area contributed by atoms with Crippen molar-refractivity contribution in [3.8, 4) is 0 Å². The Bertz CT molecular complexity index is 569. The number of aryl methyl sites for hydroxylation is 1.